The number of halogens is 1. The second kappa shape index (κ2) is 5.93. The molecule has 0 saturated carbocycles. The van der Waals surface area contributed by atoms with Crippen LogP contribution in [0.1, 0.15) is 0 Å². The van der Waals surface area contributed by atoms with Crippen LogP contribution in [0.4, 0.5) is 10.5 Å². The maximum absolute atomic E-state index is 11.8. The lowest BCUT2D eigenvalue weighted by molar-refractivity contribution is 0.259. The Hall–Kier alpha value is -1.75. The van der Waals surface area contributed by atoms with E-state index in [-0.39, 0.29) is 9.14 Å². The molecule has 8 nitrogen and oxygen atoms in total. The van der Waals surface area contributed by atoms with Crippen molar-refractivity contribution in [1.29, 1.82) is 0 Å². The Morgan fingerprint density at radius 3 is 2.57 bits per heavy atom. The summed E-state index contributed by atoms with van der Waals surface area (Å²) in [5, 5.41) is 11.7. The van der Waals surface area contributed by atoms with Gasteiger partial charge in [0, 0.05) is 17.8 Å². The molecule has 1 aromatic heterocycles. The molecule has 0 unspecified atom stereocenters. The van der Waals surface area contributed by atoms with Crippen molar-refractivity contribution in [2.75, 3.05) is 5.32 Å². The van der Waals surface area contributed by atoms with E-state index in [1.165, 1.54) is 7.05 Å². The number of aromatic nitrogens is 2. The van der Waals surface area contributed by atoms with Gasteiger partial charge in [0.2, 0.25) is 9.14 Å². The molecule has 3 N–H and O–H groups in total. The van der Waals surface area contributed by atoms with E-state index < -0.39 is 16.1 Å². The second-order valence-electron chi connectivity index (χ2n) is 3.87. The number of nitrogens with two attached hydrogens (primary N) is 1. The summed E-state index contributed by atoms with van der Waals surface area (Å²) in [6, 6.07) is 5.78. The van der Waals surface area contributed by atoms with E-state index in [1.54, 1.807) is 24.3 Å². The number of sulfonamides is 1. The molecule has 11 heteroatoms. The number of carbonyl (C=O) groups is 1. The number of primary sulfonamides is 1. The van der Waals surface area contributed by atoms with Gasteiger partial charge in [0.25, 0.3) is 10.0 Å². The van der Waals surface area contributed by atoms with Crippen LogP contribution in [0.3, 0.4) is 0 Å². The number of anilines is 1. The Morgan fingerprint density at radius 1 is 1.43 bits per heavy atom. The van der Waals surface area contributed by atoms with E-state index in [4.69, 9.17) is 16.7 Å². The predicted molar refractivity (Wildman–Crippen MR) is 78.5 cm³/mol. The van der Waals surface area contributed by atoms with Crippen LogP contribution in [0.2, 0.25) is 5.02 Å². The molecule has 1 heterocycles. The second-order valence-corrected chi connectivity index (χ2v) is 7.00. The first-order chi connectivity index (χ1) is 9.75. The van der Waals surface area contributed by atoms with Gasteiger partial charge in [0.1, 0.15) is 0 Å². The topological polar surface area (TPSA) is 119 Å². The normalized spacial score (nSPS) is 12.4. The Balaban J connectivity index is 2.25. The van der Waals surface area contributed by atoms with E-state index in [9.17, 15) is 13.2 Å². The Bertz CT molecular complexity index is 838. The third-order valence-corrected chi connectivity index (χ3v) is 4.78. The number of amides is 2. The van der Waals surface area contributed by atoms with E-state index in [0.717, 1.165) is 4.68 Å². The molecule has 0 atom stereocenters. The first kappa shape index (κ1) is 15.6. The van der Waals surface area contributed by atoms with Gasteiger partial charge in [-0.05, 0) is 24.3 Å². The number of hydrogen-bond acceptors (Lipinski definition) is 5. The highest BCUT2D eigenvalue weighted by Crippen LogP contribution is 2.13. The zero-order chi connectivity index (χ0) is 15.6. The summed E-state index contributed by atoms with van der Waals surface area (Å²) in [5.41, 5.74) is 0.506. The molecule has 0 aliphatic heterocycles. The van der Waals surface area contributed by atoms with Crippen LogP contribution in [0.5, 0.6) is 0 Å². The maximum atomic E-state index is 11.8. The van der Waals surface area contributed by atoms with Crippen molar-refractivity contribution in [2.24, 2.45) is 17.2 Å². The van der Waals surface area contributed by atoms with E-state index in [1.807, 2.05) is 0 Å². The van der Waals surface area contributed by atoms with Crippen LogP contribution in [0.25, 0.3) is 0 Å². The van der Waals surface area contributed by atoms with Crippen LogP contribution >= 0.6 is 22.9 Å². The highest BCUT2D eigenvalue weighted by atomic mass is 35.5. The van der Waals surface area contributed by atoms with Crippen LogP contribution in [-0.4, -0.2) is 24.2 Å². The minimum Gasteiger partial charge on any atom is -0.306 e. The zero-order valence-electron chi connectivity index (χ0n) is 10.6. The maximum Gasteiger partial charge on any atom is 0.348 e. The number of hydrogen-bond donors (Lipinski definition) is 2. The molecule has 2 rings (SSSR count). The van der Waals surface area contributed by atoms with E-state index in [0.29, 0.717) is 22.0 Å². The molecule has 0 saturated heterocycles. The average Bonchev–Trinajstić information content (AvgIpc) is 2.74. The highest BCUT2D eigenvalue weighted by molar-refractivity contribution is 7.91. The predicted octanol–water partition coefficient (Wildman–Crippen LogP) is 0.915. The lowest BCUT2D eigenvalue weighted by Crippen LogP contribution is -2.17. The van der Waals surface area contributed by atoms with Crippen molar-refractivity contribution in [3.63, 3.8) is 0 Å². The van der Waals surface area contributed by atoms with Gasteiger partial charge in [-0.2, -0.15) is 4.99 Å². The van der Waals surface area contributed by atoms with Gasteiger partial charge in [-0.15, -0.1) is 5.10 Å². The van der Waals surface area contributed by atoms with Crippen molar-refractivity contribution in [3.05, 3.63) is 34.1 Å². The van der Waals surface area contributed by atoms with Gasteiger partial charge in [-0.25, -0.2) is 23.0 Å². The molecule has 0 fully saturated rings. The molecular formula is C10H10ClN5O3S2. The fourth-order valence-corrected chi connectivity index (χ4v) is 2.98. The number of benzene rings is 1. The molecular weight excluding hydrogens is 338 g/mol. The minimum absolute atomic E-state index is 0.102. The van der Waals surface area contributed by atoms with Gasteiger partial charge >= 0.3 is 6.03 Å². The van der Waals surface area contributed by atoms with E-state index in [2.05, 4.69) is 15.4 Å². The molecule has 0 aliphatic carbocycles. The molecule has 0 aliphatic rings. The van der Waals surface area contributed by atoms with Crippen molar-refractivity contribution in [2.45, 2.75) is 4.34 Å². The van der Waals surface area contributed by atoms with Crippen LogP contribution < -0.4 is 15.3 Å². The summed E-state index contributed by atoms with van der Waals surface area (Å²) in [5.74, 6) is 0. The first-order valence-electron chi connectivity index (χ1n) is 5.44. The number of rotatable bonds is 2. The van der Waals surface area contributed by atoms with Crippen molar-refractivity contribution < 1.29 is 13.2 Å². The third-order valence-electron chi connectivity index (χ3n) is 2.22. The average molecular weight is 348 g/mol. The molecule has 0 radical (unpaired) electrons. The van der Waals surface area contributed by atoms with Gasteiger partial charge in [0.05, 0.1) is 0 Å². The third kappa shape index (κ3) is 4.11. The summed E-state index contributed by atoms with van der Waals surface area (Å²) in [4.78, 5) is 15.6. The molecule has 2 aromatic rings. The highest BCUT2D eigenvalue weighted by Gasteiger charge is 2.14. The monoisotopic (exact) mass is 347 g/mol. The molecule has 1 aromatic carbocycles. The largest absolute Gasteiger partial charge is 0.348 e. The molecule has 112 valence electrons. The molecule has 21 heavy (non-hydrogen) atoms. The molecule has 2 amide bonds. The van der Waals surface area contributed by atoms with Crippen LogP contribution in [0, 0.1) is 0 Å². The number of nitrogens with one attached hydrogen (secondary N) is 1. The lowest BCUT2D eigenvalue weighted by atomic mass is 10.3. The van der Waals surface area contributed by atoms with Gasteiger partial charge in [0.15, 0.2) is 0 Å². The molecule has 0 bridgehead atoms. The minimum atomic E-state index is -3.92. The summed E-state index contributed by atoms with van der Waals surface area (Å²) in [6.45, 7) is 0. The zero-order valence-corrected chi connectivity index (χ0v) is 13.0. The van der Waals surface area contributed by atoms with E-state index >= 15 is 0 Å². The number of urea groups is 1. The Labute approximate surface area is 128 Å². The standard InChI is InChI=1S/C10H10ClN5O3S2/c1-16-9(20-10(15-16)21(12,18)19)14-8(17)13-7-4-2-6(11)3-5-7/h2-5H,1H3,(H,13,17)(H2,12,18,19). The quantitative estimate of drug-likeness (QED) is 0.839. The van der Waals surface area contributed by atoms with Gasteiger partial charge in [-0.1, -0.05) is 22.9 Å². The van der Waals surface area contributed by atoms with Crippen molar-refractivity contribution in [3.8, 4) is 0 Å². The lowest BCUT2D eigenvalue weighted by Gasteiger charge is -2.00. The Morgan fingerprint density at radius 2 is 2.05 bits per heavy atom. The SMILES string of the molecule is Cn1nc(S(N)(=O)=O)sc1=NC(=O)Nc1ccc(Cl)cc1. The van der Waals surface area contributed by atoms with Crippen LogP contribution in [-0.2, 0) is 17.1 Å². The summed E-state index contributed by atoms with van der Waals surface area (Å²) < 4.78 is 23.2. The summed E-state index contributed by atoms with van der Waals surface area (Å²) in [7, 11) is -2.47. The van der Waals surface area contributed by atoms with Gasteiger partial charge in [-0.3, -0.25) is 0 Å². The number of aryl methyl sites for hydroxylation is 1. The van der Waals surface area contributed by atoms with Crippen molar-refractivity contribution >= 4 is 44.7 Å². The molecule has 0 spiro atoms. The summed E-state index contributed by atoms with van der Waals surface area (Å²) >= 11 is 6.43. The van der Waals surface area contributed by atoms with Crippen molar-refractivity contribution in [1.82, 2.24) is 9.78 Å². The van der Waals surface area contributed by atoms with Crippen LogP contribution in [0.15, 0.2) is 33.6 Å². The number of carbonyl (C=O) groups excluding carboxylic acids is 1. The summed E-state index contributed by atoms with van der Waals surface area (Å²) in [6.07, 6.45) is 0. The number of nitrogens with zero attached hydrogens (tertiary/aromatic N) is 3. The fraction of sp³-hybridized carbons (Fsp3) is 0.100. The Kier molecular flexibility index (Phi) is 4.42. The van der Waals surface area contributed by atoms with Gasteiger partial charge < -0.3 is 5.32 Å². The smallest absolute Gasteiger partial charge is 0.306 e. The first-order valence-corrected chi connectivity index (χ1v) is 8.18. The fourth-order valence-electron chi connectivity index (χ4n) is 1.31.